The normalized spacial score (nSPS) is 15.3. The molecule has 0 aromatic heterocycles. The maximum atomic E-state index is 12.7. The van der Waals surface area contributed by atoms with Crippen molar-refractivity contribution in [3.05, 3.63) is 78.9 Å². The number of sulfonamides is 1. The molecule has 1 saturated heterocycles. The number of rotatable bonds is 7. The van der Waals surface area contributed by atoms with Gasteiger partial charge in [0.1, 0.15) is 0 Å². The summed E-state index contributed by atoms with van der Waals surface area (Å²) in [6.07, 6.45) is 4.82. The lowest BCUT2D eigenvalue weighted by atomic mass is 10.2. The molecule has 1 aliphatic rings. The van der Waals surface area contributed by atoms with Crippen LogP contribution in [0.3, 0.4) is 0 Å². The summed E-state index contributed by atoms with van der Waals surface area (Å²) >= 11 is 0. The highest BCUT2D eigenvalue weighted by molar-refractivity contribution is 7.89. The number of carbonyl (C=O) groups excluding carboxylic acids is 1. The first-order chi connectivity index (χ1) is 14.0. The monoisotopic (exact) mass is 412 g/mol. The minimum Gasteiger partial charge on any atom is -0.379 e. The van der Waals surface area contributed by atoms with E-state index >= 15 is 0 Å². The second-order valence-corrected chi connectivity index (χ2v) is 8.43. The molecule has 0 aliphatic carbocycles. The van der Waals surface area contributed by atoms with Crippen LogP contribution in [0.15, 0.2) is 78.2 Å². The van der Waals surface area contributed by atoms with Gasteiger partial charge in [-0.25, -0.2) is 8.42 Å². The molecule has 0 N–H and O–H groups in total. The summed E-state index contributed by atoms with van der Waals surface area (Å²) in [5, 5.41) is 0. The maximum Gasteiger partial charge on any atom is 0.251 e. The summed E-state index contributed by atoms with van der Waals surface area (Å²) < 4.78 is 32.0. The van der Waals surface area contributed by atoms with E-state index in [-0.39, 0.29) is 10.8 Å². The maximum absolute atomic E-state index is 12.7. The van der Waals surface area contributed by atoms with Gasteiger partial charge in [-0.05, 0) is 35.9 Å². The molecule has 1 aliphatic heterocycles. The van der Waals surface area contributed by atoms with Gasteiger partial charge in [0, 0.05) is 31.4 Å². The lowest BCUT2D eigenvalue weighted by molar-refractivity contribution is -0.114. The summed E-state index contributed by atoms with van der Waals surface area (Å²) in [4.78, 5) is 14.5. The first kappa shape index (κ1) is 21.0. The molecule has 1 heterocycles. The molecule has 2 aromatic rings. The van der Waals surface area contributed by atoms with Crippen LogP contribution in [-0.4, -0.2) is 51.5 Å². The van der Waals surface area contributed by atoms with Gasteiger partial charge in [0.05, 0.1) is 18.1 Å². The van der Waals surface area contributed by atoms with Crippen molar-refractivity contribution in [2.45, 2.75) is 4.90 Å². The fourth-order valence-corrected chi connectivity index (χ4v) is 4.41. The topological polar surface area (TPSA) is 66.9 Å². The van der Waals surface area contributed by atoms with Crippen molar-refractivity contribution in [1.82, 2.24) is 4.31 Å². The first-order valence-corrected chi connectivity index (χ1v) is 10.8. The Hall–Kier alpha value is -2.74. The third-order valence-corrected chi connectivity index (χ3v) is 6.46. The van der Waals surface area contributed by atoms with Crippen LogP contribution in [0.4, 0.5) is 5.69 Å². The Morgan fingerprint density at radius 2 is 1.72 bits per heavy atom. The van der Waals surface area contributed by atoms with Gasteiger partial charge in [-0.15, -0.1) is 6.58 Å². The molecular formula is C22H24N2O4S. The van der Waals surface area contributed by atoms with Crippen molar-refractivity contribution in [3.63, 3.8) is 0 Å². The first-order valence-electron chi connectivity index (χ1n) is 9.36. The van der Waals surface area contributed by atoms with E-state index in [0.29, 0.717) is 32.8 Å². The minimum absolute atomic E-state index is 0.180. The molecule has 0 spiro atoms. The summed E-state index contributed by atoms with van der Waals surface area (Å²) in [5.41, 5.74) is 1.53. The Kier molecular flexibility index (Phi) is 6.98. The molecule has 6 nitrogen and oxygen atoms in total. The summed E-state index contributed by atoms with van der Waals surface area (Å²) in [7, 11) is -3.52. The van der Waals surface area contributed by atoms with Crippen LogP contribution in [0.25, 0.3) is 6.08 Å². The van der Waals surface area contributed by atoms with Gasteiger partial charge in [0.2, 0.25) is 10.0 Å². The van der Waals surface area contributed by atoms with Crippen molar-refractivity contribution in [3.8, 4) is 0 Å². The fourth-order valence-electron chi connectivity index (χ4n) is 3.00. The average Bonchev–Trinajstić information content (AvgIpc) is 2.77. The zero-order chi connectivity index (χ0) is 20.7. The fraction of sp³-hybridized carbons (Fsp3) is 0.227. The number of hydrogen-bond acceptors (Lipinski definition) is 4. The molecule has 0 radical (unpaired) electrons. The van der Waals surface area contributed by atoms with Gasteiger partial charge in [0.15, 0.2) is 0 Å². The van der Waals surface area contributed by atoms with Gasteiger partial charge in [-0.1, -0.05) is 36.4 Å². The van der Waals surface area contributed by atoms with E-state index in [2.05, 4.69) is 6.58 Å². The summed E-state index contributed by atoms with van der Waals surface area (Å²) in [6.45, 7) is 5.64. The minimum atomic E-state index is -3.52. The van der Waals surface area contributed by atoms with Crippen LogP contribution < -0.4 is 4.90 Å². The SMILES string of the molecule is C=CCN(C(=O)/C=C/c1ccc(S(=O)(=O)N2CCOCC2)cc1)c1ccccc1. The molecule has 29 heavy (non-hydrogen) atoms. The number of ether oxygens (including phenoxy) is 1. The van der Waals surface area contributed by atoms with Crippen molar-refractivity contribution in [2.75, 3.05) is 37.7 Å². The number of morpholine rings is 1. The molecule has 2 aromatic carbocycles. The highest BCUT2D eigenvalue weighted by Gasteiger charge is 2.25. The Balaban J connectivity index is 1.72. The van der Waals surface area contributed by atoms with Crippen LogP contribution in [-0.2, 0) is 19.6 Å². The Bertz CT molecular complexity index is 964. The van der Waals surface area contributed by atoms with Crippen molar-refractivity contribution < 1.29 is 17.9 Å². The molecule has 1 fully saturated rings. The van der Waals surface area contributed by atoms with Crippen molar-refractivity contribution >= 4 is 27.7 Å². The van der Waals surface area contributed by atoms with Gasteiger partial charge in [0.25, 0.3) is 5.91 Å². The largest absolute Gasteiger partial charge is 0.379 e. The number of carbonyl (C=O) groups is 1. The highest BCUT2D eigenvalue weighted by atomic mass is 32.2. The smallest absolute Gasteiger partial charge is 0.251 e. The van der Waals surface area contributed by atoms with E-state index in [9.17, 15) is 13.2 Å². The predicted octanol–water partition coefficient (Wildman–Crippen LogP) is 2.94. The number of nitrogens with zero attached hydrogens (tertiary/aromatic N) is 2. The van der Waals surface area contributed by atoms with Crippen molar-refractivity contribution in [2.24, 2.45) is 0 Å². The van der Waals surface area contributed by atoms with E-state index < -0.39 is 10.0 Å². The summed E-state index contributed by atoms with van der Waals surface area (Å²) in [6, 6.07) is 15.9. The van der Waals surface area contributed by atoms with Gasteiger partial charge in [-0.2, -0.15) is 4.31 Å². The van der Waals surface area contributed by atoms with Crippen LogP contribution in [0.5, 0.6) is 0 Å². The van der Waals surface area contributed by atoms with Crippen LogP contribution >= 0.6 is 0 Å². The van der Waals surface area contributed by atoms with E-state index in [0.717, 1.165) is 11.3 Å². The Morgan fingerprint density at radius 3 is 2.34 bits per heavy atom. The third kappa shape index (κ3) is 5.20. The number of anilines is 1. The third-order valence-electron chi connectivity index (χ3n) is 4.55. The molecule has 152 valence electrons. The number of amides is 1. The molecular weight excluding hydrogens is 388 g/mol. The number of hydrogen-bond donors (Lipinski definition) is 0. The number of para-hydroxylation sites is 1. The number of benzene rings is 2. The zero-order valence-corrected chi connectivity index (χ0v) is 16.9. The second kappa shape index (κ2) is 9.65. The molecule has 0 atom stereocenters. The van der Waals surface area contributed by atoms with E-state index in [1.807, 2.05) is 30.3 Å². The second-order valence-electron chi connectivity index (χ2n) is 6.49. The quantitative estimate of drug-likeness (QED) is 0.518. The molecule has 3 rings (SSSR count). The van der Waals surface area contributed by atoms with Crippen LogP contribution in [0.2, 0.25) is 0 Å². The molecule has 0 unspecified atom stereocenters. The molecule has 7 heteroatoms. The van der Waals surface area contributed by atoms with E-state index in [4.69, 9.17) is 4.74 Å². The summed E-state index contributed by atoms with van der Waals surface area (Å²) in [5.74, 6) is -0.180. The van der Waals surface area contributed by atoms with Crippen molar-refractivity contribution in [1.29, 1.82) is 0 Å². The van der Waals surface area contributed by atoms with E-state index in [1.54, 1.807) is 41.3 Å². The van der Waals surface area contributed by atoms with Crippen LogP contribution in [0, 0.1) is 0 Å². The standard InChI is InChI=1S/C22H24N2O4S/c1-2-14-24(20-6-4-3-5-7-20)22(25)13-10-19-8-11-21(12-9-19)29(26,27)23-15-17-28-18-16-23/h2-13H,1,14-18H2/b13-10+. The van der Waals surface area contributed by atoms with Gasteiger partial charge < -0.3 is 9.64 Å². The lowest BCUT2D eigenvalue weighted by Gasteiger charge is -2.26. The zero-order valence-electron chi connectivity index (χ0n) is 16.1. The predicted molar refractivity (Wildman–Crippen MR) is 114 cm³/mol. The lowest BCUT2D eigenvalue weighted by Crippen LogP contribution is -2.40. The molecule has 0 bridgehead atoms. The molecule has 0 saturated carbocycles. The van der Waals surface area contributed by atoms with Gasteiger partial charge >= 0.3 is 0 Å². The Morgan fingerprint density at radius 1 is 1.07 bits per heavy atom. The highest BCUT2D eigenvalue weighted by Crippen LogP contribution is 2.19. The van der Waals surface area contributed by atoms with E-state index in [1.165, 1.54) is 10.4 Å². The van der Waals surface area contributed by atoms with Gasteiger partial charge in [-0.3, -0.25) is 4.79 Å². The van der Waals surface area contributed by atoms with Crippen LogP contribution in [0.1, 0.15) is 5.56 Å². The Labute approximate surface area is 171 Å². The molecule has 1 amide bonds. The average molecular weight is 413 g/mol.